The Bertz CT molecular complexity index is 4630. The maximum absolute atomic E-state index is 16.5. The first-order valence-electron chi connectivity index (χ1n) is 37.5. The summed E-state index contributed by atoms with van der Waals surface area (Å²) in [6.45, 7) is 13.2. The maximum atomic E-state index is 16.5. The second kappa shape index (κ2) is 34.7. The van der Waals surface area contributed by atoms with Gasteiger partial charge in [0.05, 0.1) is 42.5 Å². The van der Waals surface area contributed by atoms with Gasteiger partial charge in [-0.05, 0) is 138 Å². The Hall–Kier alpha value is -10.3. The Kier molecular flexibility index (Phi) is 26.0. The third-order valence-electron chi connectivity index (χ3n) is 20.8. The molecular weight excluding hydrogens is 1560 g/mol. The van der Waals surface area contributed by atoms with Gasteiger partial charge < -0.3 is 143 Å². The van der Waals surface area contributed by atoms with Gasteiger partial charge in [-0.25, -0.2) is 9.59 Å². The number of fused-ring (bicyclic) bond motifs is 15. The standard InChI is InChI=1S/C78H97ClN10O28/c1-30(2)19-43(89(10)75(108)117-76(5,6)7)68(101)87-57-59(95)35-14-18-46(41(79)21-35)112-48-23-36-22-47(63(48)116-74-64(61(97)60(96)49(29-90)113-74)115-52-28-78(9,82)66(99)32(4)110-52)111-38-15-11-33(12-16-38)62(114-51-27-77(8,81)65(98)31(3)109-51)58-72(105)86-56(73(106)107)40-24-37(91)25-45(93)53(40)39-20-34(13-17-44(39)92)54(69(102)88-58)85-70(103)55(36)84-67(100)42(26-50(80)94)83-71(57)104/h11-18,20-25,30-32,42-43,49,51-52,54-62,64-66,74,90-93,95-99H,19,26-29,81-82H2,1-10H3,(H2,80,94)(H,83,104)(H,84,100)(H,85,103)(H,86,105)(H,87,101)(H,88,102)(H,106,107)/t31-,32-,42-,43+,49+,51-,52-,54+,55+,56-,57+,58-,59+,60+,61-,62+,64+,65-,66-,74-,77-,78-/m0/s1. The summed E-state index contributed by atoms with van der Waals surface area (Å²) in [5.74, 6) is -16.5. The lowest BCUT2D eigenvalue weighted by Gasteiger charge is -2.47. The number of nitrogens with two attached hydrogens (primary N) is 3. The molecule has 8 heterocycles. The third kappa shape index (κ3) is 19.3. The van der Waals surface area contributed by atoms with E-state index in [1.54, 1.807) is 34.6 Å². The highest BCUT2D eigenvalue weighted by Crippen LogP contribution is 2.50. The molecule has 11 bridgehead atoms. The molecule has 8 amide bonds. The van der Waals surface area contributed by atoms with Crippen LogP contribution in [0, 0.1) is 5.92 Å². The number of carbonyl (C=O) groups excluding carboxylic acids is 8. The number of aliphatic carboxylic acids is 1. The minimum Gasteiger partial charge on any atom is -0.508 e. The van der Waals surface area contributed by atoms with Crippen molar-refractivity contribution in [3.63, 3.8) is 0 Å². The molecule has 0 spiro atoms. The topological polar surface area (TPSA) is 592 Å². The number of aliphatic hydroxyl groups excluding tert-OH is 6. The number of hydrogen-bond donors (Lipinski definition) is 19. The van der Waals surface area contributed by atoms with Gasteiger partial charge in [-0.1, -0.05) is 49.7 Å². The molecule has 22 atom stereocenters. The molecule has 634 valence electrons. The average molecular weight is 1660 g/mol. The summed E-state index contributed by atoms with van der Waals surface area (Å²) in [7, 11) is 1.26. The molecule has 13 rings (SSSR count). The van der Waals surface area contributed by atoms with Crippen LogP contribution in [0.1, 0.15) is 146 Å². The number of carbonyl (C=O) groups is 9. The number of carboxylic acid groups (broad SMARTS) is 1. The van der Waals surface area contributed by atoms with E-state index >= 15 is 24.0 Å². The van der Waals surface area contributed by atoms with E-state index in [4.69, 9.17) is 71.4 Å². The molecule has 3 saturated heterocycles. The van der Waals surface area contributed by atoms with E-state index in [-0.39, 0.29) is 53.4 Å². The average Bonchev–Trinajstić information content (AvgIpc) is 0.762. The van der Waals surface area contributed by atoms with Crippen molar-refractivity contribution in [3.8, 4) is 57.1 Å². The van der Waals surface area contributed by atoms with Crippen LogP contribution >= 0.6 is 11.6 Å². The molecule has 39 heteroatoms. The van der Waals surface area contributed by atoms with Crippen molar-refractivity contribution in [2.24, 2.45) is 23.1 Å². The lowest BCUT2D eigenvalue weighted by atomic mass is 9.86. The number of hydrogen-bond acceptors (Lipinski definition) is 29. The van der Waals surface area contributed by atoms with E-state index in [1.165, 1.54) is 71.1 Å². The summed E-state index contributed by atoms with van der Waals surface area (Å²) in [5.41, 5.74) is 12.4. The number of nitrogens with zero attached hydrogens (tertiary/aromatic N) is 1. The van der Waals surface area contributed by atoms with Gasteiger partial charge in [-0.3, -0.25) is 38.5 Å². The number of phenolic OH excluding ortho intramolecular Hbond substituents is 3. The largest absolute Gasteiger partial charge is 0.508 e. The molecule has 0 radical (unpaired) electrons. The molecule has 8 aliphatic heterocycles. The Labute approximate surface area is 674 Å². The monoisotopic (exact) mass is 1660 g/mol. The smallest absolute Gasteiger partial charge is 0.410 e. The van der Waals surface area contributed by atoms with Crippen LogP contribution < -0.4 is 63.3 Å². The second-order valence-corrected chi connectivity index (χ2v) is 32.3. The number of primary amides is 1. The lowest BCUT2D eigenvalue weighted by Crippen LogP contribution is -2.64. The Morgan fingerprint density at radius 1 is 0.684 bits per heavy atom. The zero-order valence-corrected chi connectivity index (χ0v) is 65.9. The number of aromatic hydroxyl groups is 3. The number of aliphatic hydroxyl groups is 6. The summed E-state index contributed by atoms with van der Waals surface area (Å²) >= 11 is 7.19. The van der Waals surface area contributed by atoms with Crippen LogP contribution in [0.4, 0.5) is 4.79 Å². The minimum atomic E-state index is -2.40. The molecule has 0 aliphatic carbocycles. The van der Waals surface area contributed by atoms with Gasteiger partial charge in [-0.2, -0.15) is 0 Å². The van der Waals surface area contributed by atoms with Crippen molar-refractivity contribution in [2.45, 2.75) is 227 Å². The lowest BCUT2D eigenvalue weighted by molar-refractivity contribution is -0.333. The van der Waals surface area contributed by atoms with E-state index in [0.29, 0.717) is 0 Å². The number of amides is 8. The highest BCUT2D eigenvalue weighted by atomic mass is 35.5. The molecular formula is C78H97ClN10O28. The molecule has 0 aromatic heterocycles. The van der Waals surface area contributed by atoms with E-state index in [1.807, 2.05) is 0 Å². The van der Waals surface area contributed by atoms with Crippen LogP contribution in [0.25, 0.3) is 11.1 Å². The van der Waals surface area contributed by atoms with Crippen molar-refractivity contribution < 1.29 is 137 Å². The molecule has 0 unspecified atom stereocenters. The van der Waals surface area contributed by atoms with Gasteiger partial charge in [0.15, 0.2) is 36.2 Å². The fourth-order valence-electron chi connectivity index (χ4n) is 14.7. The van der Waals surface area contributed by atoms with Crippen LogP contribution in [-0.4, -0.2) is 232 Å². The highest BCUT2D eigenvalue weighted by molar-refractivity contribution is 6.32. The van der Waals surface area contributed by atoms with Gasteiger partial charge in [0.1, 0.15) is 101 Å². The van der Waals surface area contributed by atoms with Gasteiger partial charge in [-0.15, -0.1) is 0 Å². The molecule has 5 aromatic rings. The normalized spacial score (nSPS) is 31.1. The van der Waals surface area contributed by atoms with E-state index in [0.717, 1.165) is 53.4 Å². The SMILES string of the molecule is CC(C)C[C@H](C(=O)N[C@H]1C(=O)N[C@@H](CC(N)=O)C(=O)N[C@H]2C(=O)N[C@H]3C(=O)N[C@H](C(=O)N[C@H](C(=O)O)c4cc(O)cc(O)c4-c4cc3ccc4O)[C@H](O[C@H]3C[C@](C)(N)[C@@H](O)[C@H](C)O3)c3ccc(cc3)Oc3cc2cc(c3O[C@@H]2O[C@H](CO)[C@@H](O)[C@H](O)[C@H]2O[C@H]2C[C@](C)(N)[C@@H](O)[C@H](C)O2)Oc2ccc(cc2Cl)[C@H]1O)N(C)C(=O)OC(C)(C)C. The summed E-state index contributed by atoms with van der Waals surface area (Å²) in [4.78, 5) is 136. The number of ether oxygens (including phenoxy) is 9. The van der Waals surface area contributed by atoms with Crippen LogP contribution in [0.2, 0.25) is 5.02 Å². The van der Waals surface area contributed by atoms with Gasteiger partial charge in [0, 0.05) is 53.7 Å². The highest BCUT2D eigenvalue weighted by Gasteiger charge is 2.53. The minimum absolute atomic E-state index is 0.0579. The Morgan fingerprint density at radius 3 is 1.86 bits per heavy atom. The quantitative estimate of drug-likeness (QED) is 0.0703. The van der Waals surface area contributed by atoms with Crippen LogP contribution in [0.15, 0.2) is 84.9 Å². The van der Waals surface area contributed by atoms with Gasteiger partial charge >= 0.3 is 12.1 Å². The summed E-state index contributed by atoms with van der Waals surface area (Å²) in [6, 6.07) is 0.378. The first-order valence-corrected chi connectivity index (χ1v) is 37.8. The Balaban J connectivity index is 1.17. The van der Waals surface area contributed by atoms with Crippen molar-refractivity contribution in [3.05, 3.63) is 118 Å². The fraction of sp³-hybridized carbons (Fsp3) is 0.500. The number of phenols is 3. The van der Waals surface area contributed by atoms with Crippen LogP contribution in [-0.2, 0) is 66.8 Å². The number of halogens is 1. The van der Waals surface area contributed by atoms with Gasteiger partial charge in [0.2, 0.25) is 53.4 Å². The van der Waals surface area contributed by atoms with Gasteiger partial charge in [0.25, 0.3) is 0 Å². The zero-order chi connectivity index (χ0) is 85.7. The number of likely N-dealkylation sites (N-methyl/N-ethyl adjacent to an activating group) is 1. The molecule has 22 N–H and O–H groups in total. The van der Waals surface area contributed by atoms with Crippen LogP contribution in [0.3, 0.4) is 0 Å². The maximum Gasteiger partial charge on any atom is 0.410 e. The molecule has 5 aromatic carbocycles. The van der Waals surface area contributed by atoms with E-state index < -0.39 is 267 Å². The van der Waals surface area contributed by atoms with Crippen molar-refractivity contribution in [1.29, 1.82) is 0 Å². The number of benzene rings is 5. The van der Waals surface area contributed by atoms with E-state index in [2.05, 4.69) is 31.9 Å². The number of carboxylic acids is 1. The summed E-state index contributed by atoms with van der Waals surface area (Å²) in [6.07, 6.45) is -24.1. The zero-order valence-electron chi connectivity index (χ0n) is 65.1. The summed E-state index contributed by atoms with van der Waals surface area (Å²) in [5, 5.41) is 129. The fourth-order valence-corrected chi connectivity index (χ4v) is 15.0. The molecule has 38 nitrogen and oxygen atoms in total. The number of nitrogens with one attached hydrogen (secondary N) is 6. The Morgan fingerprint density at radius 2 is 1.27 bits per heavy atom. The number of rotatable bonds is 15. The molecule has 117 heavy (non-hydrogen) atoms. The molecule has 0 saturated carbocycles. The first-order chi connectivity index (χ1) is 54.8. The molecule has 8 aliphatic rings. The van der Waals surface area contributed by atoms with Crippen molar-refractivity contribution in [1.82, 2.24) is 36.8 Å². The van der Waals surface area contributed by atoms with Crippen molar-refractivity contribution in [2.75, 3.05) is 13.7 Å². The molecule has 3 fully saturated rings. The first kappa shape index (κ1) is 87.5. The third-order valence-corrected chi connectivity index (χ3v) is 21.1. The second-order valence-electron chi connectivity index (χ2n) is 31.9. The predicted molar refractivity (Wildman–Crippen MR) is 406 cm³/mol. The summed E-state index contributed by atoms with van der Waals surface area (Å²) < 4.78 is 57.4. The van der Waals surface area contributed by atoms with E-state index in [9.17, 15) is 70.2 Å². The van der Waals surface area contributed by atoms with Crippen molar-refractivity contribution >= 4 is 65.0 Å². The predicted octanol–water partition coefficient (Wildman–Crippen LogP) is 1.34. The van der Waals surface area contributed by atoms with Crippen LogP contribution in [0.5, 0.6) is 46.0 Å².